The number of hydrogen-bond acceptors (Lipinski definition) is 4. The van der Waals surface area contributed by atoms with Gasteiger partial charge in [0.2, 0.25) is 0 Å². The molecule has 0 fully saturated rings. The van der Waals surface area contributed by atoms with Crippen molar-refractivity contribution >= 4 is 5.97 Å². The first-order chi connectivity index (χ1) is 10.6. The van der Waals surface area contributed by atoms with E-state index in [0.29, 0.717) is 19.1 Å². The smallest absolute Gasteiger partial charge is 0.305 e. The number of carbonyl (C=O) groups is 1. The zero-order chi connectivity index (χ0) is 16.6. The van der Waals surface area contributed by atoms with Gasteiger partial charge in [0, 0.05) is 12.5 Å². The molecule has 4 nitrogen and oxygen atoms in total. The third-order valence-electron chi connectivity index (χ3n) is 3.82. The predicted molar refractivity (Wildman–Crippen MR) is 91.9 cm³/mol. The number of nitrogens with one attached hydrogen (secondary N) is 1. The monoisotopic (exact) mass is 315 g/mol. The number of ether oxygens (including phenoxy) is 1. The normalized spacial score (nSPS) is 13.8. The van der Waals surface area contributed by atoms with Crippen LogP contribution in [0.1, 0.15) is 85.0 Å². The summed E-state index contributed by atoms with van der Waals surface area (Å²) in [6, 6.07) is 0.473. The topological polar surface area (TPSA) is 58.6 Å². The molecule has 0 aliphatic heterocycles. The van der Waals surface area contributed by atoms with E-state index < -0.39 is 0 Å². The Hall–Kier alpha value is -0.610. The van der Waals surface area contributed by atoms with E-state index in [-0.39, 0.29) is 12.1 Å². The molecule has 2 N–H and O–H groups in total. The molecule has 0 saturated carbocycles. The van der Waals surface area contributed by atoms with Gasteiger partial charge < -0.3 is 15.2 Å². The van der Waals surface area contributed by atoms with Crippen LogP contribution in [0.5, 0.6) is 0 Å². The van der Waals surface area contributed by atoms with Crippen molar-refractivity contribution < 1.29 is 14.6 Å². The molecule has 0 aliphatic rings. The first-order valence-corrected chi connectivity index (χ1v) is 9.17. The Balaban J connectivity index is 3.86. The molecule has 4 heteroatoms. The second-order valence-corrected chi connectivity index (χ2v) is 6.25. The number of esters is 1. The fourth-order valence-corrected chi connectivity index (χ4v) is 2.45. The molecule has 0 rings (SSSR count). The minimum Gasteiger partial charge on any atom is -0.466 e. The Labute approximate surface area is 137 Å². The van der Waals surface area contributed by atoms with Gasteiger partial charge in [-0.25, -0.2) is 0 Å². The molecule has 0 aromatic carbocycles. The minimum atomic E-state index is -0.247. The van der Waals surface area contributed by atoms with Gasteiger partial charge in [-0.05, 0) is 45.6 Å². The van der Waals surface area contributed by atoms with Gasteiger partial charge in [0.05, 0.1) is 12.7 Å². The molecule has 0 aliphatic carbocycles. The summed E-state index contributed by atoms with van der Waals surface area (Å²) in [7, 11) is 0. The van der Waals surface area contributed by atoms with Gasteiger partial charge >= 0.3 is 5.97 Å². The van der Waals surface area contributed by atoms with Crippen LogP contribution in [0.4, 0.5) is 0 Å². The van der Waals surface area contributed by atoms with Crippen molar-refractivity contribution in [2.45, 2.75) is 97.1 Å². The molecule has 0 heterocycles. The van der Waals surface area contributed by atoms with E-state index in [1.54, 1.807) is 0 Å². The van der Waals surface area contributed by atoms with Crippen molar-refractivity contribution in [3.63, 3.8) is 0 Å². The molecule has 0 saturated heterocycles. The molecule has 2 unspecified atom stereocenters. The van der Waals surface area contributed by atoms with E-state index in [1.807, 2.05) is 13.8 Å². The van der Waals surface area contributed by atoms with Crippen LogP contribution < -0.4 is 5.32 Å². The standard InChI is InChI=1S/C18H37NO3/c1-4-6-7-8-11-17(19-14-13-16(3)20)12-9-15-22-18(21)10-5-2/h16-17,19-20H,4-15H2,1-3H3. The first-order valence-electron chi connectivity index (χ1n) is 9.17. The maximum atomic E-state index is 11.3. The summed E-state index contributed by atoms with van der Waals surface area (Å²) in [5.74, 6) is -0.0796. The van der Waals surface area contributed by atoms with Crippen molar-refractivity contribution in [3.8, 4) is 0 Å². The highest BCUT2D eigenvalue weighted by atomic mass is 16.5. The highest BCUT2D eigenvalue weighted by Crippen LogP contribution is 2.10. The highest BCUT2D eigenvalue weighted by molar-refractivity contribution is 5.69. The Bertz CT molecular complexity index is 257. The molecule has 2 atom stereocenters. The number of rotatable bonds is 15. The third kappa shape index (κ3) is 14.3. The van der Waals surface area contributed by atoms with Gasteiger partial charge in [-0.3, -0.25) is 4.79 Å². The third-order valence-corrected chi connectivity index (χ3v) is 3.82. The maximum absolute atomic E-state index is 11.3. The zero-order valence-corrected chi connectivity index (χ0v) is 14.9. The lowest BCUT2D eigenvalue weighted by Crippen LogP contribution is -2.31. The molecule has 0 spiro atoms. The second kappa shape index (κ2) is 15.3. The van der Waals surface area contributed by atoms with E-state index in [4.69, 9.17) is 4.74 Å². The van der Waals surface area contributed by atoms with Crippen molar-refractivity contribution in [2.75, 3.05) is 13.2 Å². The minimum absolute atomic E-state index is 0.0796. The molecule has 0 aromatic rings. The van der Waals surface area contributed by atoms with Gasteiger partial charge in [-0.15, -0.1) is 0 Å². The molecule has 0 amide bonds. The van der Waals surface area contributed by atoms with Gasteiger partial charge in [0.1, 0.15) is 0 Å². The lowest BCUT2D eigenvalue weighted by molar-refractivity contribution is -0.143. The predicted octanol–water partition coefficient (Wildman–Crippen LogP) is 3.81. The Morgan fingerprint density at radius 1 is 1.05 bits per heavy atom. The van der Waals surface area contributed by atoms with Gasteiger partial charge in [-0.2, -0.15) is 0 Å². The lowest BCUT2D eigenvalue weighted by Gasteiger charge is -2.19. The first kappa shape index (κ1) is 21.4. The molecule has 0 bridgehead atoms. The number of unbranched alkanes of at least 4 members (excludes halogenated alkanes) is 3. The second-order valence-electron chi connectivity index (χ2n) is 6.25. The van der Waals surface area contributed by atoms with Crippen LogP contribution in [0.15, 0.2) is 0 Å². The van der Waals surface area contributed by atoms with Crippen molar-refractivity contribution in [3.05, 3.63) is 0 Å². The molecular formula is C18H37NO3. The molecule has 0 aromatic heterocycles. The summed E-state index contributed by atoms with van der Waals surface area (Å²) >= 11 is 0. The maximum Gasteiger partial charge on any atom is 0.305 e. The SMILES string of the molecule is CCCCCCC(CCCOC(=O)CCC)NCCC(C)O. The number of hydrogen-bond donors (Lipinski definition) is 2. The number of aliphatic hydroxyl groups excluding tert-OH is 1. The van der Waals surface area contributed by atoms with E-state index in [0.717, 1.165) is 32.2 Å². The van der Waals surface area contributed by atoms with E-state index in [9.17, 15) is 9.90 Å². The zero-order valence-electron chi connectivity index (χ0n) is 14.9. The summed E-state index contributed by atoms with van der Waals surface area (Å²) in [5, 5.41) is 12.9. The molecule has 0 radical (unpaired) electrons. The van der Waals surface area contributed by atoms with Crippen LogP contribution in [-0.2, 0) is 9.53 Å². The van der Waals surface area contributed by atoms with Gasteiger partial charge in [-0.1, -0.05) is 39.5 Å². The summed E-state index contributed by atoms with van der Waals surface area (Å²) < 4.78 is 5.21. The van der Waals surface area contributed by atoms with Gasteiger partial charge in [0.25, 0.3) is 0 Å². The Morgan fingerprint density at radius 2 is 1.77 bits per heavy atom. The average molecular weight is 315 g/mol. The summed E-state index contributed by atoms with van der Waals surface area (Å²) in [6.45, 7) is 7.42. The van der Waals surface area contributed by atoms with Crippen LogP contribution in [0.2, 0.25) is 0 Å². The summed E-state index contributed by atoms with van der Waals surface area (Å²) in [6.07, 6.45) is 10.1. The van der Waals surface area contributed by atoms with Crippen LogP contribution >= 0.6 is 0 Å². The quantitative estimate of drug-likeness (QED) is 0.356. The fraction of sp³-hybridized carbons (Fsp3) is 0.944. The molecule has 132 valence electrons. The van der Waals surface area contributed by atoms with Crippen LogP contribution in [0.3, 0.4) is 0 Å². The Kier molecular flexibility index (Phi) is 14.9. The fourth-order valence-electron chi connectivity index (χ4n) is 2.45. The summed E-state index contributed by atoms with van der Waals surface area (Å²) in [5.41, 5.74) is 0. The molecule has 22 heavy (non-hydrogen) atoms. The number of carbonyl (C=O) groups excluding carboxylic acids is 1. The van der Waals surface area contributed by atoms with Crippen LogP contribution in [0.25, 0.3) is 0 Å². The van der Waals surface area contributed by atoms with E-state index in [2.05, 4.69) is 12.2 Å². The van der Waals surface area contributed by atoms with Crippen molar-refractivity contribution in [2.24, 2.45) is 0 Å². The summed E-state index contributed by atoms with van der Waals surface area (Å²) in [4.78, 5) is 11.3. The average Bonchev–Trinajstić information content (AvgIpc) is 2.47. The molecular weight excluding hydrogens is 278 g/mol. The van der Waals surface area contributed by atoms with Gasteiger partial charge in [0.15, 0.2) is 0 Å². The number of aliphatic hydroxyl groups is 1. The lowest BCUT2D eigenvalue weighted by atomic mass is 10.0. The van der Waals surface area contributed by atoms with Crippen LogP contribution in [0, 0.1) is 0 Å². The van der Waals surface area contributed by atoms with Crippen molar-refractivity contribution in [1.82, 2.24) is 5.32 Å². The highest BCUT2D eigenvalue weighted by Gasteiger charge is 2.09. The Morgan fingerprint density at radius 3 is 2.41 bits per heavy atom. The largest absolute Gasteiger partial charge is 0.466 e. The van der Waals surface area contributed by atoms with E-state index >= 15 is 0 Å². The van der Waals surface area contributed by atoms with E-state index in [1.165, 1.54) is 32.1 Å². The van der Waals surface area contributed by atoms with Crippen LogP contribution in [-0.4, -0.2) is 36.4 Å². The van der Waals surface area contributed by atoms with Crippen molar-refractivity contribution in [1.29, 1.82) is 0 Å².